The fourth-order valence-electron chi connectivity index (χ4n) is 3.56. The van der Waals surface area contributed by atoms with Gasteiger partial charge in [0.05, 0.1) is 4.58 Å². The van der Waals surface area contributed by atoms with Crippen LogP contribution in [0.1, 0.15) is 32.5 Å². The van der Waals surface area contributed by atoms with Crippen LogP contribution in [0.4, 0.5) is 5.69 Å². The number of amides is 1. The predicted molar refractivity (Wildman–Crippen MR) is 137 cm³/mol. The van der Waals surface area contributed by atoms with Crippen molar-refractivity contribution in [2.45, 2.75) is 17.9 Å². The molecule has 1 amide bonds. The number of nitrogens with one attached hydrogen (secondary N) is 1. The monoisotopic (exact) mass is 473 g/mol. The Kier molecular flexibility index (Phi) is 6.51. The molecular formula is C26H23N3O2S2. The molecule has 1 saturated heterocycles. The van der Waals surface area contributed by atoms with Gasteiger partial charge in [-0.1, -0.05) is 29.8 Å². The first-order valence-corrected chi connectivity index (χ1v) is 12.9. The van der Waals surface area contributed by atoms with E-state index in [1.54, 1.807) is 12.1 Å². The topological polar surface area (TPSA) is 68.0 Å². The summed E-state index contributed by atoms with van der Waals surface area (Å²) in [6.07, 6.45) is 1.26. The van der Waals surface area contributed by atoms with Gasteiger partial charge in [0.1, 0.15) is 0 Å². The summed E-state index contributed by atoms with van der Waals surface area (Å²) in [5, 5.41) is 11.3. The summed E-state index contributed by atoms with van der Waals surface area (Å²) in [6, 6.07) is 23.3. The molecule has 3 aromatic carbocycles. The third-order valence-corrected chi connectivity index (χ3v) is 8.38. The van der Waals surface area contributed by atoms with Crippen molar-refractivity contribution in [3.8, 4) is 22.9 Å². The molecule has 1 aliphatic heterocycles. The van der Waals surface area contributed by atoms with Crippen molar-refractivity contribution in [2.24, 2.45) is 0 Å². The van der Waals surface area contributed by atoms with Crippen LogP contribution in [0.15, 0.2) is 77.2 Å². The van der Waals surface area contributed by atoms with Gasteiger partial charge in [0.2, 0.25) is 11.8 Å². The second-order valence-electron chi connectivity index (χ2n) is 7.86. The number of aryl methyl sites for hydroxylation is 1. The highest BCUT2D eigenvalue weighted by Gasteiger charge is 2.17. The molecular weight excluding hydrogens is 450 g/mol. The normalized spacial score (nSPS) is 14.2. The van der Waals surface area contributed by atoms with Gasteiger partial charge in [-0.3, -0.25) is 4.79 Å². The number of thioether (sulfide) groups is 2. The van der Waals surface area contributed by atoms with Crippen LogP contribution in [0.25, 0.3) is 22.9 Å². The fourth-order valence-corrected chi connectivity index (χ4v) is 6.44. The molecule has 1 fully saturated rings. The van der Waals surface area contributed by atoms with Crippen molar-refractivity contribution in [3.63, 3.8) is 0 Å². The number of aromatic nitrogens is 2. The summed E-state index contributed by atoms with van der Waals surface area (Å²) < 4.78 is 6.27. The Morgan fingerprint density at radius 1 is 0.909 bits per heavy atom. The highest BCUT2D eigenvalue weighted by molar-refractivity contribution is 8.16. The van der Waals surface area contributed by atoms with E-state index < -0.39 is 0 Å². The summed E-state index contributed by atoms with van der Waals surface area (Å²) in [4.78, 5) is 12.8. The van der Waals surface area contributed by atoms with E-state index in [0.29, 0.717) is 21.9 Å². The maximum atomic E-state index is 12.8. The number of carbonyl (C=O) groups excluding carboxylic acids is 1. The molecule has 2 heterocycles. The first kappa shape index (κ1) is 21.8. The van der Waals surface area contributed by atoms with Crippen LogP contribution >= 0.6 is 23.5 Å². The van der Waals surface area contributed by atoms with Gasteiger partial charge in [-0.2, -0.15) is 0 Å². The van der Waals surface area contributed by atoms with E-state index in [9.17, 15) is 4.79 Å². The maximum absolute atomic E-state index is 12.8. The molecule has 166 valence electrons. The molecule has 0 radical (unpaired) electrons. The van der Waals surface area contributed by atoms with E-state index in [1.807, 2.05) is 79.0 Å². The van der Waals surface area contributed by atoms with Gasteiger partial charge in [0, 0.05) is 22.4 Å². The summed E-state index contributed by atoms with van der Waals surface area (Å²) in [5.74, 6) is 3.13. The maximum Gasteiger partial charge on any atom is 0.255 e. The number of rotatable bonds is 5. The van der Waals surface area contributed by atoms with Gasteiger partial charge >= 0.3 is 0 Å². The largest absolute Gasteiger partial charge is 0.416 e. The van der Waals surface area contributed by atoms with E-state index in [4.69, 9.17) is 4.42 Å². The van der Waals surface area contributed by atoms with Crippen molar-refractivity contribution >= 4 is 35.1 Å². The average Bonchev–Trinajstić information content (AvgIpc) is 3.36. The Labute approximate surface area is 201 Å². The molecule has 0 saturated carbocycles. The van der Waals surface area contributed by atoms with E-state index in [0.717, 1.165) is 16.8 Å². The van der Waals surface area contributed by atoms with Gasteiger partial charge in [0.15, 0.2) is 0 Å². The predicted octanol–water partition coefficient (Wildman–Crippen LogP) is 6.83. The molecule has 1 N–H and O–H groups in total. The van der Waals surface area contributed by atoms with Crippen LogP contribution in [-0.4, -0.2) is 27.6 Å². The second-order valence-corrected chi connectivity index (χ2v) is 10.6. The SMILES string of the molecule is Cc1ccc(-c2nnc(-c3ccc(C(=O)Nc4cccc(C5SCCCS5)c4)cc3)o2)cc1. The zero-order valence-electron chi connectivity index (χ0n) is 18.2. The lowest BCUT2D eigenvalue weighted by Gasteiger charge is -2.21. The third-order valence-electron chi connectivity index (χ3n) is 5.36. The minimum atomic E-state index is -0.145. The zero-order chi connectivity index (χ0) is 22.6. The van der Waals surface area contributed by atoms with Gasteiger partial charge in [0.25, 0.3) is 5.91 Å². The molecule has 0 aliphatic carbocycles. The van der Waals surface area contributed by atoms with Crippen molar-refractivity contribution in [3.05, 3.63) is 89.5 Å². The average molecular weight is 474 g/mol. The van der Waals surface area contributed by atoms with E-state index >= 15 is 0 Å². The van der Waals surface area contributed by atoms with Crippen molar-refractivity contribution in [1.29, 1.82) is 0 Å². The van der Waals surface area contributed by atoms with Gasteiger partial charge in [-0.05, 0) is 78.9 Å². The van der Waals surface area contributed by atoms with Crippen LogP contribution in [0.2, 0.25) is 0 Å². The molecule has 7 heteroatoms. The molecule has 1 aromatic heterocycles. The highest BCUT2D eigenvalue weighted by Crippen LogP contribution is 2.44. The van der Waals surface area contributed by atoms with Crippen LogP contribution in [0.5, 0.6) is 0 Å². The second kappa shape index (κ2) is 9.85. The van der Waals surface area contributed by atoms with E-state index in [1.165, 1.54) is 29.1 Å². The first-order valence-electron chi connectivity index (χ1n) is 10.8. The van der Waals surface area contributed by atoms with Crippen molar-refractivity contribution < 1.29 is 9.21 Å². The lowest BCUT2D eigenvalue weighted by molar-refractivity contribution is 0.102. The smallest absolute Gasteiger partial charge is 0.255 e. The molecule has 0 bridgehead atoms. The Balaban J connectivity index is 1.27. The third kappa shape index (κ3) is 5.15. The number of nitrogens with zero attached hydrogens (tertiary/aromatic N) is 2. The van der Waals surface area contributed by atoms with Crippen LogP contribution in [0.3, 0.4) is 0 Å². The number of anilines is 1. The minimum absolute atomic E-state index is 0.145. The molecule has 33 heavy (non-hydrogen) atoms. The molecule has 5 rings (SSSR count). The Morgan fingerprint density at radius 2 is 1.55 bits per heavy atom. The fraction of sp³-hybridized carbons (Fsp3) is 0.192. The van der Waals surface area contributed by atoms with Crippen LogP contribution in [-0.2, 0) is 0 Å². The Bertz CT molecular complexity index is 1250. The van der Waals surface area contributed by atoms with Gasteiger partial charge in [-0.15, -0.1) is 33.7 Å². The standard InChI is InChI=1S/C26H23N3O2S2/c1-17-6-8-19(9-7-17)24-28-29-25(31-24)20-12-10-18(11-13-20)23(30)27-22-5-2-4-21(16-22)26-32-14-3-15-33-26/h2,4-13,16,26H,3,14-15H2,1H3,(H,27,30). The summed E-state index contributed by atoms with van der Waals surface area (Å²) in [5.41, 5.74) is 5.45. The molecule has 5 nitrogen and oxygen atoms in total. The number of hydrogen-bond acceptors (Lipinski definition) is 6. The lowest BCUT2D eigenvalue weighted by atomic mass is 10.1. The van der Waals surface area contributed by atoms with Crippen molar-refractivity contribution in [1.82, 2.24) is 10.2 Å². The zero-order valence-corrected chi connectivity index (χ0v) is 19.8. The first-order chi connectivity index (χ1) is 16.2. The number of benzene rings is 3. The summed E-state index contributed by atoms with van der Waals surface area (Å²) >= 11 is 3.94. The quantitative estimate of drug-likeness (QED) is 0.342. The number of carbonyl (C=O) groups is 1. The van der Waals surface area contributed by atoms with Gasteiger partial charge < -0.3 is 9.73 Å². The van der Waals surface area contributed by atoms with E-state index in [-0.39, 0.29) is 5.91 Å². The summed E-state index contributed by atoms with van der Waals surface area (Å²) in [7, 11) is 0. The molecule has 4 aromatic rings. The summed E-state index contributed by atoms with van der Waals surface area (Å²) in [6.45, 7) is 2.03. The molecule has 0 spiro atoms. The Hall–Kier alpha value is -3.03. The van der Waals surface area contributed by atoms with E-state index in [2.05, 4.69) is 27.6 Å². The number of hydrogen-bond donors (Lipinski definition) is 1. The molecule has 1 aliphatic rings. The van der Waals surface area contributed by atoms with Crippen LogP contribution < -0.4 is 5.32 Å². The highest BCUT2D eigenvalue weighted by atomic mass is 32.2. The minimum Gasteiger partial charge on any atom is -0.416 e. The molecule has 0 atom stereocenters. The van der Waals surface area contributed by atoms with Crippen molar-refractivity contribution in [2.75, 3.05) is 16.8 Å². The van der Waals surface area contributed by atoms with Crippen LogP contribution in [0, 0.1) is 6.92 Å². The van der Waals surface area contributed by atoms with Gasteiger partial charge in [-0.25, -0.2) is 0 Å². The molecule has 0 unspecified atom stereocenters. The lowest BCUT2D eigenvalue weighted by Crippen LogP contribution is -2.12. The Morgan fingerprint density at radius 3 is 2.21 bits per heavy atom.